The van der Waals surface area contributed by atoms with Crippen LogP contribution in [0.4, 0.5) is 11.5 Å². The van der Waals surface area contributed by atoms with Crippen LogP contribution in [0.25, 0.3) is 0 Å². The highest BCUT2D eigenvalue weighted by Gasteiger charge is 2.21. The van der Waals surface area contributed by atoms with E-state index in [0.29, 0.717) is 17.1 Å². The Morgan fingerprint density at radius 1 is 0.964 bits per heavy atom. The maximum atomic E-state index is 12.8. The van der Waals surface area contributed by atoms with Gasteiger partial charge in [0.15, 0.2) is 0 Å². The molecule has 0 atom stereocenters. The number of nitrogens with zero attached hydrogens (tertiary/aromatic N) is 2. The zero-order chi connectivity index (χ0) is 20.3. The Morgan fingerprint density at radius 2 is 1.61 bits per heavy atom. The van der Waals surface area contributed by atoms with E-state index in [1.165, 1.54) is 11.4 Å². The lowest BCUT2D eigenvalue weighted by Crippen LogP contribution is -2.26. The van der Waals surface area contributed by atoms with Gasteiger partial charge in [0.1, 0.15) is 5.82 Å². The normalized spacial score (nSPS) is 11.1. The quantitative estimate of drug-likeness (QED) is 0.713. The molecule has 0 unspecified atom stereocenters. The minimum Gasteiger partial charge on any atom is -0.306 e. The third-order valence-corrected chi connectivity index (χ3v) is 6.21. The fourth-order valence-corrected chi connectivity index (χ4v) is 3.82. The zero-order valence-corrected chi connectivity index (χ0v) is 16.7. The summed E-state index contributed by atoms with van der Waals surface area (Å²) < 4.78 is 26.8. The number of benzene rings is 2. The van der Waals surface area contributed by atoms with E-state index in [4.69, 9.17) is 0 Å². The molecule has 0 fully saturated rings. The Hall–Kier alpha value is -3.19. The Balaban J connectivity index is 1.79. The van der Waals surface area contributed by atoms with E-state index in [9.17, 15) is 13.2 Å². The Morgan fingerprint density at radius 3 is 2.21 bits per heavy atom. The number of aromatic nitrogens is 1. The molecule has 1 N–H and O–H groups in total. The van der Waals surface area contributed by atoms with Crippen LogP contribution in [0.1, 0.15) is 21.5 Å². The standard InChI is InChI=1S/C21H21N3O3S/c1-15-6-12-19(13-7-15)28(26,27)24(3)18-10-8-17(9-11-18)21(25)23-20-16(2)5-4-14-22-20/h4-14H,1-3H3,(H,22,23,25). The van der Waals surface area contributed by atoms with Crippen molar-refractivity contribution in [1.82, 2.24) is 4.98 Å². The maximum Gasteiger partial charge on any atom is 0.264 e. The predicted octanol–water partition coefficient (Wildman–Crippen LogP) is 3.78. The van der Waals surface area contributed by atoms with E-state index in [0.717, 1.165) is 11.1 Å². The molecule has 0 saturated carbocycles. The summed E-state index contributed by atoms with van der Waals surface area (Å²) in [5.41, 5.74) is 2.72. The number of sulfonamides is 1. The first kappa shape index (κ1) is 19.6. The van der Waals surface area contributed by atoms with Crippen LogP contribution in [0.3, 0.4) is 0 Å². The molecular weight excluding hydrogens is 374 g/mol. The molecular formula is C21H21N3O3S. The van der Waals surface area contributed by atoms with Crippen LogP contribution in [-0.2, 0) is 10.0 Å². The lowest BCUT2D eigenvalue weighted by molar-refractivity contribution is 0.102. The molecule has 3 rings (SSSR count). The minimum atomic E-state index is -3.67. The van der Waals surface area contributed by atoms with Gasteiger partial charge < -0.3 is 5.32 Å². The zero-order valence-electron chi connectivity index (χ0n) is 15.9. The van der Waals surface area contributed by atoms with Gasteiger partial charge in [-0.2, -0.15) is 0 Å². The average Bonchev–Trinajstić information content (AvgIpc) is 2.69. The Labute approximate surface area is 164 Å². The van der Waals surface area contributed by atoms with Crippen LogP contribution in [0.15, 0.2) is 71.8 Å². The van der Waals surface area contributed by atoms with Gasteiger partial charge in [0.05, 0.1) is 10.6 Å². The monoisotopic (exact) mass is 395 g/mol. The molecule has 0 aliphatic heterocycles. The summed E-state index contributed by atoms with van der Waals surface area (Å²) in [6.07, 6.45) is 1.61. The number of hydrogen-bond donors (Lipinski definition) is 1. The van der Waals surface area contributed by atoms with Crippen molar-refractivity contribution in [3.05, 3.63) is 83.6 Å². The molecule has 0 radical (unpaired) electrons. The second-order valence-electron chi connectivity index (χ2n) is 6.46. The summed E-state index contributed by atoms with van der Waals surface area (Å²) in [6.45, 7) is 3.76. The lowest BCUT2D eigenvalue weighted by Gasteiger charge is -2.20. The predicted molar refractivity (Wildman–Crippen MR) is 110 cm³/mol. The maximum absolute atomic E-state index is 12.8. The number of carbonyl (C=O) groups excluding carboxylic acids is 1. The number of amides is 1. The number of aryl methyl sites for hydroxylation is 2. The molecule has 6 nitrogen and oxygen atoms in total. The summed E-state index contributed by atoms with van der Waals surface area (Å²) in [5, 5.41) is 2.75. The van der Waals surface area contributed by atoms with Crippen LogP contribution in [-0.4, -0.2) is 26.4 Å². The van der Waals surface area contributed by atoms with E-state index in [2.05, 4.69) is 10.3 Å². The highest BCUT2D eigenvalue weighted by molar-refractivity contribution is 7.92. The number of pyridine rings is 1. The summed E-state index contributed by atoms with van der Waals surface area (Å²) in [7, 11) is -2.19. The highest BCUT2D eigenvalue weighted by atomic mass is 32.2. The van der Waals surface area contributed by atoms with Crippen LogP contribution in [0.2, 0.25) is 0 Å². The molecule has 28 heavy (non-hydrogen) atoms. The largest absolute Gasteiger partial charge is 0.306 e. The van der Waals surface area contributed by atoms with Crippen LogP contribution < -0.4 is 9.62 Å². The number of rotatable bonds is 5. The van der Waals surface area contributed by atoms with Gasteiger partial charge >= 0.3 is 0 Å². The van der Waals surface area contributed by atoms with Gasteiger partial charge in [-0.15, -0.1) is 0 Å². The first-order valence-electron chi connectivity index (χ1n) is 8.67. The lowest BCUT2D eigenvalue weighted by atomic mass is 10.2. The van der Waals surface area contributed by atoms with Gasteiger partial charge in [-0.25, -0.2) is 13.4 Å². The first-order valence-corrected chi connectivity index (χ1v) is 10.1. The summed E-state index contributed by atoms with van der Waals surface area (Å²) in [5.74, 6) is 0.188. The van der Waals surface area contributed by atoms with Crippen molar-refractivity contribution in [3.8, 4) is 0 Å². The summed E-state index contributed by atoms with van der Waals surface area (Å²) in [4.78, 5) is 16.8. The van der Waals surface area contributed by atoms with Crippen LogP contribution in [0, 0.1) is 13.8 Å². The van der Waals surface area contributed by atoms with Gasteiger partial charge in [-0.3, -0.25) is 9.10 Å². The molecule has 2 aromatic carbocycles. The van der Waals surface area contributed by atoms with Crippen molar-refractivity contribution in [2.24, 2.45) is 0 Å². The molecule has 1 aromatic heterocycles. The van der Waals surface area contributed by atoms with Gasteiger partial charge in [0.25, 0.3) is 15.9 Å². The van der Waals surface area contributed by atoms with Gasteiger partial charge in [-0.1, -0.05) is 23.8 Å². The fourth-order valence-electron chi connectivity index (χ4n) is 2.63. The number of hydrogen-bond acceptors (Lipinski definition) is 4. The number of anilines is 2. The van der Waals surface area contributed by atoms with Gasteiger partial charge in [0.2, 0.25) is 0 Å². The Kier molecular flexibility index (Phi) is 5.46. The van der Waals surface area contributed by atoms with Crippen molar-refractivity contribution in [2.45, 2.75) is 18.7 Å². The molecule has 0 saturated heterocycles. The van der Waals surface area contributed by atoms with Gasteiger partial charge in [0, 0.05) is 18.8 Å². The summed E-state index contributed by atoms with van der Waals surface area (Å²) in [6, 6.07) is 16.7. The molecule has 0 spiro atoms. The Bertz CT molecular complexity index is 1090. The molecule has 0 aliphatic rings. The van der Waals surface area contributed by atoms with E-state index in [1.807, 2.05) is 19.9 Å². The van der Waals surface area contributed by atoms with E-state index < -0.39 is 10.0 Å². The molecule has 3 aromatic rings. The summed E-state index contributed by atoms with van der Waals surface area (Å²) >= 11 is 0. The number of carbonyl (C=O) groups is 1. The minimum absolute atomic E-state index is 0.216. The van der Waals surface area contributed by atoms with E-state index >= 15 is 0 Å². The highest BCUT2D eigenvalue weighted by Crippen LogP contribution is 2.23. The van der Waals surface area contributed by atoms with Gasteiger partial charge in [-0.05, 0) is 61.9 Å². The molecule has 1 heterocycles. The van der Waals surface area contributed by atoms with Crippen molar-refractivity contribution < 1.29 is 13.2 Å². The molecule has 144 valence electrons. The van der Waals surface area contributed by atoms with Crippen LogP contribution in [0.5, 0.6) is 0 Å². The van der Waals surface area contributed by atoms with Crippen molar-refractivity contribution >= 4 is 27.4 Å². The third kappa shape index (κ3) is 4.04. The number of nitrogens with one attached hydrogen (secondary N) is 1. The van der Waals surface area contributed by atoms with Crippen LogP contribution >= 0.6 is 0 Å². The molecule has 0 bridgehead atoms. The smallest absolute Gasteiger partial charge is 0.264 e. The van der Waals surface area contributed by atoms with E-state index in [1.54, 1.807) is 60.8 Å². The van der Waals surface area contributed by atoms with E-state index in [-0.39, 0.29) is 10.8 Å². The van der Waals surface area contributed by atoms with Crippen molar-refractivity contribution in [2.75, 3.05) is 16.7 Å². The van der Waals surface area contributed by atoms with Crippen molar-refractivity contribution in [1.29, 1.82) is 0 Å². The first-order chi connectivity index (χ1) is 13.3. The van der Waals surface area contributed by atoms with Crippen molar-refractivity contribution in [3.63, 3.8) is 0 Å². The molecule has 1 amide bonds. The second kappa shape index (κ2) is 7.82. The topological polar surface area (TPSA) is 79.4 Å². The molecule has 7 heteroatoms. The third-order valence-electron chi connectivity index (χ3n) is 4.41. The SMILES string of the molecule is Cc1ccc(S(=O)(=O)N(C)c2ccc(C(=O)Nc3ncccc3C)cc2)cc1. The fraction of sp³-hybridized carbons (Fsp3) is 0.143. The molecule has 0 aliphatic carbocycles. The second-order valence-corrected chi connectivity index (χ2v) is 8.42. The average molecular weight is 395 g/mol.